The van der Waals surface area contributed by atoms with Crippen LogP contribution in [0, 0.1) is 5.92 Å². The van der Waals surface area contributed by atoms with Crippen LogP contribution in [0.4, 0.5) is 0 Å². The van der Waals surface area contributed by atoms with Crippen molar-refractivity contribution in [3.05, 3.63) is 23.8 Å². The number of rotatable bonds is 3. The summed E-state index contributed by atoms with van der Waals surface area (Å²) in [5.41, 5.74) is 0.847. The Morgan fingerprint density at radius 3 is 2.27 bits per heavy atom. The van der Waals surface area contributed by atoms with Crippen molar-refractivity contribution in [1.82, 2.24) is 0 Å². The molecule has 1 N–H and O–H groups in total. The van der Waals surface area contributed by atoms with Crippen LogP contribution in [0.3, 0.4) is 0 Å². The molecule has 2 heteroatoms. The largest absolute Gasteiger partial charge is 0.481 e. The number of hydrogen-bond donors (Lipinski definition) is 1. The van der Waals surface area contributed by atoms with Gasteiger partial charge in [-0.2, -0.15) is 0 Å². The molecule has 0 saturated carbocycles. The molecule has 11 heavy (non-hydrogen) atoms. The second-order valence-corrected chi connectivity index (χ2v) is 2.35. The molecule has 0 aliphatic heterocycles. The highest BCUT2D eigenvalue weighted by molar-refractivity contribution is 5.74. The lowest BCUT2D eigenvalue weighted by molar-refractivity contribution is -0.139. The van der Waals surface area contributed by atoms with Crippen molar-refractivity contribution in [2.75, 3.05) is 0 Å². The number of hydrogen-bond acceptors (Lipinski definition) is 1. The van der Waals surface area contributed by atoms with Gasteiger partial charge in [-0.05, 0) is 26.3 Å². The SMILES string of the molecule is C/C=C\C(=C/C)C(C)C(=O)O. The predicted octanol–water partition coefficient (Wildman–Crippen LogP) is 2.23. The second kappa shape index (κ2) is 4.72. The zero-order valence-electron chi connectivity index (χ0n) is 7.16. The first-order valence-electron chi connectivity index (χ1n) is 3.65. The zero-order valence-corrected chi connectivity index (χ0v) is 7.16. The molecule has 0 bridgehead atoms. The number of carboxylic acid groups (broad SMARTS) is 1. The fourth-order valence-corrected chi connectivity index (χ4v) is 0.826. The van der Waals surface area contributed by atoms with E-state index in [0.29, 0.717) is 0 Å². The lowest BCUT2D eigenvalue weighted by Gasteiger charge is -2.05. The van der Waals surface area contributed by atoms with E-state index in [1.165, 1.54) is 0 Å². The van der Waals surface area contributed by atoms with E-state index in [4.69, 9.17) is 5.11 Å². The fraction of sp³-hybridized carbons (Fsp3) is 0.444. The van der Waals surface area contributed by atoms with E-state index in [0.717, 1.165) is 5.57 Å². The van der Waals surface area contributed by atoms with Crippen LogP contribution in [0.1, 0.15) is 20.8 Å². The maximum atomic E-state index is 10.5. The molecule has 0 heterocycles. The van der Waals surface area contributed by atoms with Gasteiger partial charge in [-0.25, -0.2) is 0 Å². The van der Waals surface area contributed by atoms with Gasteiger partial charge in [-0.15, -0.1) is 0 Å². The number of carbonyl (C=O) groups is 1. The van der Waals surface area contributed by atoms with Gasteiger partial charge in [0, 0.05) is 0 Å². The molecule has 1 atom stereocenters. The Morgan fingerprint density at radius 1 is 1.45 bits per heavy atom. The normalized spacial score (nSPS) is 15.4. The molecule has 0 aliphatic rings. The van der Waals surface area contributed by atoms with Gasteiger partial charge in [0.1, 0.15) is 0 Å². The molecule has 62 valence electrons. The standard InChI is InChI=1S/C9H14O2/c1-4-6-8(5-2)7(3)9(10)11/h4-7H,1-3H3,(H,10,11)/b6-4-,8-5+. The van der Waals surface area contributed by atoms with Crippen LogP contribution in [0.25, 0.3) is 0 Å². The molecule has 0 aromatic heterocycles. The van der Waals surface area contributed by atoms with Crippen LogP contribution in [-0.4, -0.2) is 11.1 Å². The quantitative estimate of drug-likeness (QED) is 0.633. The molecular weight excluding hydrogens is 140 g/mol. The van der Waals surface area contributed by atoms with Crippen LogP contribution in [0.2, 0.25) is 0 Å². The van der Waals surface area contributed by atoms with Crippen molar-refractivity contribution in [3.8, 4) is 0 Å². The molecule has 0 spiro atoms. The Kier molecular flexibility index (Phi) is 4.27. The highest BCUT2D eigenvalue weighted by Crippen LogP contribution is 2.11. The van der Waals surface area contributed by atoms with Gasteiger partial charge in [-0.3, -0.25) is 4.79 Å². The average molecular weight is 154 g/mol. The van der Waals surface area contributed by atoms with E-state index in [1.54, 1.807) is 6.92 Å². The summed E-state index contributed by atoms with van der Waals surface area (Å²) < 4.78 is 0. The fourth-order valence-electron chi connectivity index (χ4n) is 0.826. The predicted molar refractivity (Wildman–Crippen MR) is 45.4 cm³/mol. The van der Waals surface area contributed by atoms with Crippen LogP contribution >= 0.6 is 0 Å². The van der Waals surface area contributed by atoms with Gasteiger partial charge in [0.2, 0.25) is 0 Å². The summed E-state index contributed by atoms with van der Waals surface area (Å²) in [6.45, 7) is 5.39. The first-order chi connectivity index (χ1) is 5.13. The van der Waals surface area contributed by atoms with E-state index >= 15 is 0 Å². The van der Waals surface area contributed by atoms with E-state index in [9.17, 15) is 4.79 Å². The van der Waals surface area contributed by atoms with Crippen molar-refractivity contribution >= 4 is 5.97 Å². The Hall–Kier alpha value is -1.05. The Bertz CT molecular complexity index is 190. The lowest BCUT2D eigenvalue weighted by atomic mass is 10.0. The Balaban J connectivity index is 4.40. The highest BCUT2D eigenvalue weighted by atomic mass is 16.4. The van der Waals surface area contributed by atoms with Crippen molar-refractivity contribution in [3.63, 3.8) is 0 Å². The minimum absolute atomic E-state index is 0.406. The molecule has 0 radical (unpaired) electrons. The smallest absolute Gasteiger partial charge is 0.310 e. The topological polar surface area (TPSA) is 37.3 Å². The Morgan fingerprint density at radius 2 is 2.00 bits per heavy atom. The van der Waals surface area contributed by atoms with Crippen LogP contribution in [0.5, 0.6) is 0 Å². The van der Waals surface area contributed by atoms with Crippen LogP contribution in [0.15, 0.2) is 23.8 Å². The van der Waals surface area contributed by atoms with E-state index in [2.05, 4.69) is 0 Å². The number of aliphatic carboxylic acids is 1. The van der Waals surface area contributed by atoms with Gasteiger partial charge in [-0.1, -0.05) is 18.2 Å². The number of carboxylic acids is 1. The average Bonchev–Trinajstić information content (AvgIpc) is 1.98. The first kappa shape index (κ1) is 9.95. The highest BCUT2D eigenvalue weighted by Gasteiger charge is 2.12. The van der Waals surface area contributed by atoms with Crippen LogP contribution in [-0.2, 0) is 4.79 Å². The van der Waals surface area contributed by atoms with Crippen molar-refractivity contribution < 1.29 is 9.90 Å². The molecule has 2 nitrogen and oxygen atoms in total. The molecule has 0 aliphatic carbocycles. The molecule has 0 rings (SSSR count). The summed E-state index contributed by atoms with van der Waals surface area (Å²) in [6.07, 6.45) is 5.48. The monoisotopic (exact) mass is 154 g/mol. The third kappa shape index (κ3) is 3.03. The van der Waals surface area contributed by atoms with Gasteiger partial charge >= 0.3 is 5.97 Å². The summed E-state index contributed by atoms with van der Waals surface area (Å²) >= 11 is 0. The molecule has 0 fully saturated rings. The first-order valence-corrected chi connectivity index (χ1v) is 3.65. The van der Waals surface area contributed by atoms with Crippen molar-refractivity contribution in [2.45, 2.75) is 20.8 Å². The molecule has 1 unspecified atom stereocenters. The summed E-state index contributed by atoms with van der Waals surface area (Å²) in [5.74, 6) is -1.19. The molecule has 0 amide bonds. The third-order valence-corrected chi connectivity index (χ3v) is 1.56. The van der Waals surface area contributed by atoms with Crippen molar-refractivity contribution in [1.29, 1.82) is 0 Å². The maximum absolute atomic E-state index is 10.5. The molecule has 0 saturated heterocycles. The van der Waals surface area contributed by atoms with Gasteiger partial charge < -0.3 is 5.11 Å². The molecule has 0 aromatic rings. The summed E-state index contributed by atoms with van der Waals surface area (Å²) in [4.78, 5) is 10.5. The lowest BCUT2D eigenvalue weighted by Crippen LogP contribution is -2.10. The van der Waals surface area contributed by atoms with Gasteiger partial charge in [0.15, 0.2) is 0 Å². The van der Waals surface area contributed by atoms with Crippen molar-refractivity contribution in [2.24, 2.45) is 5.92 Å². The van der Waals surface area contributed by atoms with E-state index in [-0.39, 0.29) is 0 Å². The minimum atomic E-state index is -0.781. The second-order valence-electron chi connectivity index (χ2n) is 2.35. The maximum Gasteiger partial charge on any atom is 0.310 e. The Labute approximate surface area is 67.2 Å². The number of allylic oxidation sites excluding steroid dienone is 3. The van der Waals surface area contributed by atoms with Gasteiger partial charge in [0.05, 0.1) is 5.92 Å². The molecule has 0 aromatic carbocycles. The molecular formula is C9H14O2. The summed E-state index contributed by atoms with van der Waals surface area (Å²) in [7, 11) is 0. The summed E-state index contributed by atoms with van der Waals surface area (Å²) in [5, 5.41) is 8.64. The van der Waals surface area contributed by atoms with E-state index in [1.807, 2.05) is 32.1 Å². The van der Waals surface area contributed by atoms with Gasteiger partial charge in [0.25, 0.3) is 0 Å². The summed E-state index contributed by atoms with van der Waals surface area (Å²) in [6, 6.07) is 0. The third-order valence-electron chi connectivity index (χ3n) is 1.56. The minimum Gasteiger partial charge on any atom is -0.481 e. The van der Waals surface area contributed by atoms with E-state index < -0.39 is 11.9 Å². The zero-order chi connectivity index (χ0) is 8.85. The van der Waals surface area contributed by atoms with Crippen LogP contribution < -0.4 is 0 Å².